The topological polar surface area (TPSA) is 46.3 Å². The number of alkyl halides is 2. The average Bonchev–Trinajstić information content (AvgIpc) is 2.37. The minimum atomic E-state index is -2.51. The molecule has 2 N–H and O–H groups in total. The highest BCUT2D eigenvalue weighted by atomic mass is 35.5. The zero-order valence-corrected chi connectivity index (χ0v) is 11.6. The molecule has 1 amide bonds. The molecule has 0 aliphatic rings. The van der Waals surface area contributed by atoms with Gasteiger partial charge >= 0.3 is 0 Å². The summed E-state index contributed by atoms with van der Waals surface area (Å²) in [5.74, 6) is -0.360. The second kappa shape index (κ2) is 8.82. The van der Waals surface area contributed by atoms with E-state index in [0.29, 0.717) is 25.1 Å². The van der Waals surface area contributed by atoms with Gasteiger partial charge in [0.05, 0.1) is 6.54 Å². The molecule has 1 aromatic rings. The van der Waals surface area contributed by atoms with Crippen LogP contribution in [0.1, 0.15) is 29.3 Å². The maximum Gasteiger partial charge on any atom is 0.255 e. The minimum Gasteiger partial charge on any atom is -0.333 e. The van der Waals surface area contributed by atoms with Crippen molar-refractivity contribution in [2.45, 2.75) is 26.3 Å². The van der Waals surface area contributed by atoms with Gasteiger partial charge in [0.2, 0.25) is 0 Å². The highest BCUT2D eigenvalue weighted by molar-refractivity contribution is 5.94. The number of nitrogens with zero attached hydrogens (tertiary/aromatic N) is 1. The summed E-state index contributed by atoms with van der Waals surface area (Å²) < 4.78 is 24.8. The first kappa shape index (κ1) is 17.8. The lowest BCUT2D eigenvalue weighted by atomic mass is 10.1. The second-order valence-electron chi connectivity index (χ2n) is 4.04. The number of carbonyl (C=O) groups excluding carboxylic acids is 1. The van der Waals surface area contributed by atoms with Crippen molar-refractivity contribution in [1.29, 1.82) is 0 Å². The largest absolute Gasteiger partial charge is 0.333 e. The molecular formula is C13H19ClF2N2O. The number of hydrogen-bond donors (Lipinski definition) is 1. The van der Waals surface area contributed by atoms with Gasteiger partial charge in [0.15, 0.2) is 0 Å². The van der Waals surface area contributed by atoms with Crippen LogP contribution in [-0.4, -0.2) is 30.3 Å². The van der Waals surface area contributed by atoms with Gasteiger partial charge in [-0.15, -0.1) is 12.4 Å². The maximum absolute atomic E-state index is 12.4. The number of benzene rings is 1. The van der Waals surface area contributed by atoms with E-state index >= 15 is 0 Å². The fourth-order valence-corrected chi connectivity index (χ4v) is 1.68. The molecule has 6 heteroatoms. The van der Waals surface area contributed by atoms with Crippen molar-refractivity contribution in [2.24, 2.45) is 5.73 Å². The molecule has 1 aromatic carbocycles. The molecule has 0 bridgehead atoms. The molecule has 1 rings (SSSR count). The maximum atomic E-state index is 12.4. The Labute approximate surface area is 118 Å². The van der Waals surface area contributed by atoms with Gasteiger partial charge in [-0.3, -0.25) is 4.79 Å². The van der Waals surface area contributed by atoms with Crippen LogP contribution in [0.5, 0.6) is 0 Å². The van der Waals surface area contributed by atoms with Crippen molar-refractivity contribution < 1.29 is 13.6 Å². The first-order chi connectivity index (χ1) is 8.58. The molecule has 0 aliphatic carbocycles. The Bertz CT molecular complexity index is 385. The van der Waals surface area contributed by atoms with E-state index < -0.39 is 13.0 Å². The molecule has 0 fully saturated rings. The van der Waals surface area contributed by atoms with Crippen molar-refractivity contribution in [2.75, 3.05) is 13.1 Å². The normalized spacial score (nSPS) is 10.2. The average molecular weight is 293 g/mol. The van der Waals surface area contributed by atoms with Gasteiger partial charge in [-0.25, -0.2) is 8.78 Å². The monoisotopic (exact) mass is 292 g/mol. The van der Waals surface area contributed by atoms with Gasteiger partial charge in [0.1, 0.15) is 0 Å². The molecule has 0 radical (unpaired) electrons. The van der Waals surface area contributed by atoms with Crippen molar-refractivity contribution in [1.82, 2.24) is 4.90 Å². The van der Waals surface area contributed by atoms with Crippen LogP contribution in [0.4, 0.5) is 8.78 Å². The van der Waals surface area contributed by atoms with Gasteiger partial charge in [0.25, 0.3) is 12.3 Å². The van der Waals surface area contributed by atoms with Gasteiger partial charge < -0.3 is 10.6 Å². The molecular weight excluding hydrogens is 274 g/mol. The van der Waals surface area contributed by atoms with Crippen molar-refractivity contribution in [3.63, 3.8) is 0 Å². The molecule has 0 aromatic heterocycles. The van der Waals surface area contributed by atoms with Crippen LogP contribution in [0.2, 0.25) is 0 Å². The van der Waals surface area contributed by atoms with Gasteiger partial charge in [-0.05, 0) is 24.1 Å². The highest BCUT2D eigenvalue weighted by Crippen LogP contribution is 2.10. The SMILES string of the molecule is CCCN(CC(F)F)C(=O)c1ccc(CN)cc1.Cl. The molecule has 0 heterocycles. The van der Waals surface area contributed by atoms with E-state index in [0.717, 1.165) is 5.56 Å². The Morgan fingerprint density at radius 3 is 2.32 bits per heavy atom. The van der Waals surface area contributed by atoms with E-state index in [9.17, 15) is 13.6 Å². The van der Waals surface area contributed by atoms with E-state index in [1.165, 1.54) is 4.90 Å². The lowest BCUT2D eigenvalue weighted by Crippen LogP contribution is -2.35. The standard InChI is InChI=1S/C13H18F2N2O.ClH/c1-2-7-17(9-12(14)15)13(18)11-5-3-10(8-16)4-6-11;/h3-6,12H,2,7-9,16H2,1H3;1H. The molecule has 3 nitrogen and oxygen atoms in total. The first-order valence-electron chi connectivity index (χ1n) is 5.95. The third-order valence-corrected chi connectivity index (χ3v) is 2.58. The molecule has 0 spiro atoms. The summed E-state index contributed by atoms with van der Waals surface area (Å²) in [5, 5.41) is 0. The number of halogens is 3. The summed E-state index contributed by atoms with van der Waals surface area (Å²) in [7, 11) is 0. The molecule has 19 heavy (non-hydrogen) atoms. The van der Waals surface area contributed by atoms with Crippen LogP contribution in [0.3, 0.4) is 0 Å². The van der Waals surface area contributed by atoms with E-state index in [2.05, 4.69) is 0 Å². The lowest BCUT2D eigenvalue weighted by Gasteiger charge is -2.21. The second-order valence-corrected chi connectivity index (χ2v) is 4.04. The lowest BCUT2D eigenvalue weighted by molar-refractivity contribution is 0.0555. The summed E-state index contributed by atoms with van der Waals surface area (Å²) in [5.41, 5.74) is 6.78. The smallest absolute Gasteiger partial charge is 0.255 e. The number of rotatable bonds is 6. The minimum absolute atomic E-state index is 0. The van der Waals surface area contributed by atoms with Crippen LogP contribution in [0, 0.1) is 0 Å². The quantitative estimate of drug-likeness (QED) is 0.876. The summed E-state index contributed by atoms with van der Waals surface area (Å²) >= 11 is 0. The Hall–Kier alpha value is -1.20. The molecule has 108 valence electrons. The molecule has 0 saturated carbocycles. The number of amides is 1. The number of hydrogen-bond acceptors (Lipinski definition) is 2. The number of carbonyl (C=O) groups is 1. The Balaban J connectivity index is 0.00000324. The molecule has 0 unspecified atom stereocenters. The van der Waals surface area contributed by atoms with Crippen LogP contribution in [-0.2, 0) is 6.54 Å². The van der Waals surface area contributed by atoms with Crippen LogP contribution < -0.4 is 5.73 Å². The van der Waals surface area contributed by atoms with Crippen molar-refractivity contribution in [3.8, 4) is 0 Å². The predicted molar refractivity (Wildman–Crippen MR) is 73.8 cm³/mol. The third-order valence-electron chi connectivity index (χ3n) is 2.58. The van der Waals surface area contributed by atoms with Crippen LogP contribution in [0.15, 0.2) is 24.3 Å². The summed E-state index contributed by atoms with van der Waals surface area (Å²) in [4.78, 5) is 13.2. The Morgan fingerprint density at radius 2 is 1.89 bits per heavy atom. The van der Waals surface area contributed by atoms with Crippen molar-refractivity contribution >= 4 is 18.3 Å². The molecule has 0 atom stereocenters. The van der Waals surface area contributed by atoms with Crippen LogP contribution >= 0.6 is 12.4 Å². The van der Waals surface area contributed by atoms with Gasteiger partial charge in [-0.2, -0.15) is 0 Å². The van der Waals surface area contributed by atoms with E-state index in [1.807, 2.05) is 6.92 Å². The molecule has 0 aliphatic heterocycles. The Kier molecular flexibility index (Phi) is 8.27. The Morgan fingerprint density at radius 1 is 1.32 bits per heavy atom. The van der Waals surface area contributed by atoms with E-state index in [-0.39, 0.29) is 18.3 Å². The molecule has 0 saturated heterocycles. The zero-order valence-electron chi connectivity index (χ0n) is 10.8. The summed E-state index contributed by atoms with van der Waals surface area (Å²) in [6.07, 6.45) is -1.86. The van der Waals surface area contributed by atoms with E-state index in [4.69, 9.17) is 5.73 Å². The zero-order chi connectivity index (χ0) is 13.5. The fourth-order valence-electron chi connectivity index (χ4n) is 1.68. The number of nitrogens with two attached hydrogens (primary N) is 1. The summed E-state index contributed by atoms with van der Waals surface area (Å²) in [6, 6.07) is 6.72. The first-order valence-corrected chi connectivity index (χ1v) is 5.95. The van der Waals surface area contributed by atoms with Crippen molar-refractivity contribution in [3.05, 3.63) is 35.4 Å². The van der Waals surface area contributed by atoms with Gasteiger partial charge in [0, 0.05) is 18.7 Å². The van der Waals surface area contributed by atoms with E-state index in [1.54, 1.807) is 24.3 Å². The third kappa shape index (κ3) is 5.53. The predicted octanol–water partition coefficient (Wildman–Crippen LogP) is 2.68. The van der Waals surface area contributed by atoms with Gasteiger partial charge in [-0.1, -0.05) is 19.1 Å². The summed E-state index contributed by atoms with van der Waals surface area (Å²) in [6.45, 7) is 2.06. The fraction of sp³-hybridized carbons (Fsp3) is 0.462. The van der Waals surface area contributed by atoms with Crippen LogP contribution in [0.25, 0.3) is 0 Å². The highest BCUT2D eigenvalue weighted by Gasteiger charge is 2.18.